The van der Waals surface area contributed by atoms with Crippen LogP contribution in [0.3, 0.4) is 0 Å². The van der Waals surface area contributed by atoms with Crippen LogP contribution >= 0.6 is 0 Å². The van der Waals surface area contributed by atoms with E-state index < -0.39 is 6.67 Å². The smallest absolute Gasteiger partial charge is 0.274 e. The minimum atomic E-state index is -0.550. The van der Waals surface area contributed by atoms with Crippen LogP contribution in [0.4, 0.5) is 10.1 Å². The minimum absolute atomic E-state index is 0.0928. The summed E-state index contributed by atoms with van der Waals surface area (Å²) in [7, 11) is 1.54. The molecule has 0 aliphatic heterocycles. The molecule has 1 amide bonds. The Bertz CT molecular complexity index is 353. The van der Waals surface area contributed by atoms with Crippen molar-refractivity contribution < 1.29 is 13.9 Å². The van der Waals surface area contributed by atoms with Crippen molar-refractivity contribution in [3.63, 3.8) is 0 Å². The lowest BCUT2D eigenvalue weighted by Gasteiger charge is -2.02. The zero-order valence-electron chi connectivity index (χ0n) is 9.07. The SMILES string of the molecule is COCCNC(=O)c1nn(CCF)cc1N. The maximum atomic E-state index is 12.1. The number of aromatic nitrogens is 2. The minimum Gasteiger partial charge on any atom is -0.396 e. The third kappa shape index (κ3) is 3.20. The molecule has 1 aromatic rings. The molecule has 0 aliphatic carbocycles. The zero-order valence-corrected chi connectivity index (χ0v) is 9.07. The van der Waals surface area contributed by atoms with Crippen LogP contribution in [-0.2, 0) is 11.3 Å². The Balaban J connectivity index is 2.60. The molecule has 1 rings (SSSR count). The molecule has 0 saturated heterocycles. The van der Waals surface area contributed by atoms with Gasteiger partial charge in [-0.1, -0.05) is 0 Å². The summed E-state index contributed by atoms with van der Waals surface area (Å²) in [5.74, 6) is -0.382. The summed E-state index contributed by atoms with van der Waals surface area (Å²) < 4.78 is 18.1. The summed E-state index contributed by atoms with van der Waals surface area (Å²) >= 11 is 0. The molecule has 0 unspecified atom stereocenters. The molecule has 0 aromatic carbocycles. The molecule has 0 bridgehead atoms. The van der Waals surface area contributed by atoms with Crippen molar-refractivity contribution >= 4 is 11.6 Å². The van der Waals surface area contributed by atoms with Gasteiger partial charge in [-0.3, -0.25) is 9.48 Å². The van der Waals surface area contributed by atoms with E-state index in [9.17, 15) is 9.18 Å². The molecule has 0 spiro atoms. The van der Waals surface area contributed by atoms with Crippen LogP contribution in [0.15, 0.2) is 6.20 Å². The number of rotatable bonds is 6. The van der Waals surface area contributed by atoms with Gasteiger partial charge in [-0.05, 0) is 0 Å². The van der Waals surface area contributed by atoms with E-state index in [4.69, 9.17) is 10.5 Å². The van der Waals surface area contributed by atoms with Crippen LogP contribution in [0.1, 0.15) is 10.5 Å². The highest BCUT2D eigenvalue weighted by Gasteiger charge is 2.13. The average Bonchev–Trinajstić information content (AvgIpc) is 2.60. The van der Waals surface area contributed by atoms with Crippen molar-refractivity contribution in [1.29, 1.82) is 0 Å². The van der Waals surface area contributed by atoms with Crippen molar-refractivity contribution in [2.45, 2.75) is 6.54 Å². The summed E-state index contributed by atoms with van der Waals surface area (Å²) in [6.45, 7) is 0.336. The van der Waals surface area contributed by atoms with Gasteiger partial charge in [0, 0.05) is 19.9 Å². The van der Waals surface area contributed by atoms with E-state index >= 15 is 0 Å². The van der Waals surface area contributed by atoms with Crippen molar-refractivity contribution in [3.8, 4) is 0 Å². The van der Waals surface area contributed by atoms with Gasteiger partial charge in [0.25, 0.3) is 5.91 Å². The number of nitrogens with one attached hydrogen (secondary N) is 1. The number of nitrogens with zero attached hydrogens (tertiary/aromatic N) is 2. The number of halogens is 1. The first kappa shape index (κ1) is 12.4. The molecule has 7 heteroatoms. The molecule has 1 heterocycles. The molecule has 0 atom stereocenters. The highest BCUT2D eigenvalue weighted by Crippen LogP contribution is 2.08. The van der Waals surface area contributed by atoms with E-state index in [1.54, 1.807) is 0 Å². The second kappa shape index (κ2) is 6.06. The Morgan fingerprint density at radius 2 is 2.50 bits per heavy atom. The van der Waals surface area contributed by atoms with E-state index in [0.717, 1.165) is 0 Å². The van der Waals surface area contributed by atoms with Crippen LogP contribution < -0.4 is 11.1 Å². The van der Waals surface area contributed by atoms with E-state index in [-0.39, 0.29) is 23.8 Å². The maximum Gasteiger partial charge on any atom is 0.274 e. The number of anilines is 1. The summed E-state index contributed by atoms with van der Waals surface area (Å²) in [4.78, 5) is 11.5. The monoisotopic (exact) mass is 230 g/mol. The molecule has 0 saturated carbocycles. The van der Waals surface area contributed by atoms with Gasteiger partial charge in [-0.15, -0.1) is 0 Å². The number of nitrogen functional groups attached to an aromatic ring is 1. The number of ether oxygens (including phenoxy) is 1. The topological polar surface area (TPSA) is 82.2 Å². The van der Waals surface area contributed by atoms with E-state index in [1.165, 1.54) is 18.0 Å². The highest BCUT2D eigenvalue weighted by molar-refractivity contribution is 5.96. The lowest BCUT2D eigenvalue weighted by molar-refractivity contribution is 0.0932. The Hall–Kier alpha value is -1.63. The molecule has 3 N–H and O–H groups in total. The van der Waals surface area contributed by atoms with Gasteiger partial charge in [0.2, 0.25) is 0 Å². The predicted molar refractivity (Wildman–Crippen MR) is 56.8 cm³/mol. The van der Waals surface area contributed by atoms with Crippen LogP contribution in [-0.4, -0.2) is 42.6 Å². The van der Waals surface area contributed by atoms with Crippen LogP contribution in [0, 0.1) is 0 Å². The van der Waals surface area contributed by atoms with Gasteiger partial charge in [0.1, 0.15) is 6.67 Å². The van der Waals surface area contributed by atoms with Gasteiger partial charge in [0.05, 0.1) is 18.8 Å². The van der Waals surface area contributed by atoms with Crippen LogP contribution in [0.2, 0.25) is 0 Å². The fraction of sp³-hybridized carbons (Fsp3) is 0.556. The second-order valence-electron chi connectivity index (χ2n) is 3.13. The number of carbonyl (C=O) groups excluding carboxylic acids is 1. The normalized spacial score (nSPS) is 10.4. The summed E-state index contributed by atoms with van der Waals surface area (Å²) in [6.07, 6.45) is 1.44. The quantitative estimate of drug-likeness (QED) is 0.664. The number of hydrogen-bond donors (Lipinski definition) is 2. The van der Waals surface area contributed by atoms with Gasteiger partial charge < -0.3 is 15.8 Å². The number of amides is 1. The molecule has 16 heavy (non-hydrogen) atoms. The summed E-state index contributed by atoms with van der Waals surface area (Å²) in [5.41, 5.74) is 5.93. The Kier molecular flexibility index (Phi) is 4.71. The Morgan fingerprint density at radius 1 is 1.75 bits per heavy atom. The molecule has 6 nitrogen and oxygen atoms in total. The Labute approximate surface area is 92.6 Å². The second-order valence-corrected chi connectivity index (χ2v) is 3.13. The number of alkyl halides is 1. The molecule has 0 fully saturated rings. The highest BCUT2D eigenvalue weighted by atomic mass is 19.1. The third-order valence-electron chi connectivity index (χ3n) is 1.91. The first-order valence-corrected chi connectivity index (χ1v) is 4.85. The van der Waals surface area contributed by atoms with Gasteiger partial charge in [-0.2, -0.15) is 5.10 Å². The first-order valence-electron chi connectivity index (χ1n) is 4.85. The summed E-state index contributed by atoms with van der Waals surface area (Å²) in [6, 6.07) is 0. The van der Waals surface area contributed by atoms with Crippen molar-refractivity contribution in [3.05, 3.63) is 11.9 Å². The molecular formula is C9H15FN4O2. The largest absolute Gasteiger partial charge is 0.396 e. The Morgan fingerprint density at radius 3 is 3.12 bits per heavy atom. The van der Waals surface area contributed by atoms with Gasteiger partial charge >= 0.3 is 0 Å². The molecule has 0 radical (unpaired) electrons. The summed E-state index contributed by atoms with van der Waals surface area (Å²) in [5, 5.41) is 6.46. The van der Waals surface area contributed by atoms with Crippen LogP contribution in [0.5, 0.6) is 0 Å². The fourth-order valence-corrected chi connectivity index (χ4v) is 1.16. The van der Waals surface area contributed by atoms with Crippen molar-refractivity contribution in [2.75, 3.05) is 32.7 Å². The number of hydrogen-bond acceptors (Lipinski definition) is 4. The number of aryl methyl sites for hydroxylation is 1. The predicted octanol–water partition coefficient (Wildman–Crippen LogP) is -0.189. The number of carbonyl (C=O) groups is 1. The standard InChI is InChI=1S/C9H15FN4O2/c1-16-5-3-12-9(15)8-7(11)6-14(13-8)4-2-10/h6H,2-5,11H2,1H3,(H,12,15). The van der Waals surface area contributed by atoms with E-state index in [1.807, 2.05) is 0 Å². The van der Waals surface area contributed by atoms with Crippen LogP contribution in [0.25, 0.3) is 0 Å². The van der Waals surface area contributed by atoms with Crippen molar-refractivity contribution in [2.24, 2.45) is 0 Å². The lowest BCUT2D eigenvalue weighted by atomic mass is 10.3. The van der Waals surface area contributed by atoms with Gasteiger partial charge in [0.15, 0.2) is 5.69 Å². The van der Waals surface area contributed by atoms with Gasteiger partial charge in [-0.25, -0.2) is 4.39 Å². The van der Waals surface area contributed by atoms with E-state index in [0.29, 0.717) is 13.2 Å². The molecule has 0 aliphatic rings. The average molecular weight is 230 g/mol. The lowest BCUT2D eigenvalue weighted by Crippen LogP contribution is -2.28. The zero-order chi connectivity index (χ0) is 12.0. The fourth-order valence-electron chi connectivity index (χ4n) is 1.16. The molecular weight excluding hydrogens is 215 g/mol. The van der Waals surface area contributed by atoms with Crippen molar-refractivity contribution in [1.82, 2.24) is 15.1 Å². The maximum absolute atomic E-state index is 12.1. The van der Waals surface area contributed by atoms with E-state index in [2.05, 4.69) is 10.4 Å². The molecule has 90 valence electrons. The third-order valence-corrected chi connectivity index (χ3v) is 1.91. The number of nitrogens with two attached hydrogens (primary N) is 1. The molecule has 1 aromatic heterocycles. The first-order chi connectivity index (χ1) is 7.69. The number of methoxy groups -OCH3 is 1.